The molecule has 0 amide bonds. The molecule has 0 aliphatic carbocycles. The normalized spacial score (nSPS) is 11.7. The highest BCUT2D eigenvalue weighted by atomic mass is 35.5. The molecule has 8 heteroatoms. The molecule has 0 fully saturated rings. The van der Waals surface area contributed by atoms with Crippen LogP contribution >= 0.6 is 23.1 Å². The van der Waals surface area contributed by atoms with Crippen LogP contribution in [0.25, 0.3) is 11.3 Å². The van der Waals surface area contributed by atoms with Crippen molar-refractivity contribution in [2.45, 2.75) is 26.6 Å². The summed E-state index contributed by atoms with van der Waals surface area (Å²) in [4.78, 5) is -0.863. The first-order valence-electron chi connectivity index (χ1n) is 7.88. The Balaban J connectivity index is 2.02. The van der Waals surface area contributed by atoms with Crippen molar-refractivity contribution in [3.05, 3.63) is 68.8 Å². The first-order valence-corrected chi connectivity index (χ1v) is 9.03. The van der Waals surface area contributed by atoms with Crippen molar-refractivity contribution < 1.29 is 22.3 Å². The number of rotatable bonds is 4. The Kier molecular flexibility index (Phi) is 5.44. The molecule has 0 N–H and O–H groups in total. The second kappa shape index (κ2) is 7.48. The minimum Gasteiger partial charge on any atom is -0.488 e. The Labute approximate surface area is 162 Å². The predicted molar refractivity (Wildman–Crippen MR) is 97.8 cm³/mol. The van der Waals surface area contributed by atoms with Crippen LogP contribution in [0.5, 0.6) is 5.75 Å². The van der Waals surface area contributed by atoms with Gasteiger partial charge in [0.25, 0.3) is 0 Å². The zero-order chi connectivity index (χ0) is 19.8. The number of hydrogen-bond acceptors (Lipinski definition) is 3. The highest BCUT2D eigenvalue weighted by Gasteiger charge is 2.38. The van der Waals surface area contributed by atoms with Crippen molar-refractivity contribution in [2.75, 3.05) is 0 Å². The fourth-order valence-corrected chi connectivity index (χ4v) is 3.45. The van der Waals surface area contributed by atoms with Gasteiger partial charge in [-0.05, 0) is 54.7 Å². The molecule has 0 saturated heterocycles. The summed E-state index contributed by atoms with van der Waals surface area (Å²) in [5.74, 6) is -0.236. The van der Waals surface area contributed by atoms with E-state index in [4.69, 9.17) is 16.3 Å². The molecule has 0 bridgehead atoms. The van der Waals surface area contributed by atoms with E-state index in [1.807, 2.05) is 19.9 Å². The number of aromatic nitrogens is 1. The van der Waals surface area contributed by atoms with E-state index in [1.165, 1.54) is 12.1 Å². The quantitative estimate of drug-likeness (QED) is 0.436. The van der Waals surface area contributed by atoms with Gasteiger partial charge in [-0.15, -0.1) is 0 Å². The van der Waals surface area contributed by atoms with Crippen molar-refractivity contribution in [3.63, 3.8) is 0 Å². The Morgan fingerprint density at radius 2 is 1.89 bits per heavy atom. The molecule has 0 aliphatic heterocycles. The molecule has 1 heterocycles. The number of halogens is 5. The van der Waals surface area contributed by atoms with E-state index in [0.29, 0.717) is 17.3 Å². The summed E-state index contributed by atoms with van der Waals surface area (Å²) < 4.78 is 63.6. The van der Waals surface area contributed by atoms with Crippen LogP contribution in [0.15, 0.2) is 36.4 Å². The fraction of sp³-hybridized carbons (Fsp3) is 0.211. The summed E-state index contributed by atoms with van der Waals surface area (Å²) in [7, 11) is 0. The van der Waals surface area contributed by atoms with Gasteiger partial charge in [0.1, 0.15) is 23.1 Å². The summed E-state index contributed by atoms with van der Waals surface area (Å²) in [5.41, 5.74) is 1.92. The maximum Gasteiger partial charge on any atom is 0.427 e. The third kappa shape index (κ3) is 4.09. The zero-order valence-electron chi connectivity index (χ0n) is 14.3. The molecule has 27 heavy (non-hydrogen) atoms. The lowest BCUT2D eigenvalue weighted by molar-refractivity contribution is -0.135. The molecule has 1 aromatic heterocycles. The number of alkyl halides is 3. The second-order valence-electron chi connectivity index (χ2n) is 5.95. The third-order valence-electron chi connectivity index (χ3n) is 4.17. The molecule has 2 aromatic carbocycles. The number of benzene rings is 2. The number of hydrogen-bond donors (Lipinski definition) is 0. The van der Waals surface area contributed by atoms with Crippen LogP contribution in [0.3, 0.4) is 0 Å². The Morgan fingerprint density at radius 3 is 2.56 bits per heavy atom. The zero-order valence-corrected chi connectivity index (χ0v) is 15.9. The van der Waals surface area contributed by atoms with Crippen LogP contribution in [-0.4, -0.2) is 4.37 Å². The Morgan fingerprint density at radius 1 is 1.15 bits per heavy atom. The first-order chi connectivity index (χ1) is 12.7. The molecule has 0 saturated carbocycles. The van der Waals surface area contributed by atoms with Gasteiger partial charge in [0, 0.05) is 11.1 Å². The lowest BCUT2D eigenvalue weighted by Crippen LogP contribution is -2.09. The van der Waals surface area contributed by atoms with Crippen LogP contribution in [0.1, 0.15) is 21.6 Å². The largest absolute Gasteiger partial charge is 0.488 e. The van der Waals surface area contributed by atoms with Gasteiger partial charge in [-0.3, -0.25) is 0 Å². The molecule has 3 aromatic rings. The van der Waals surface area contributed by atoms with Gasteiger partial charge >= 0.3 is 6.18 Å². The first kappa shape index (κ1) is 19.6. The number of ether oxygens (including phenoxy) is 1. The maximum atomic E-state index is 13.8. The summed E-state index contributed by atoms with van der Waals surface area (Å²) in [6.45, 7) is 3.38. The van der Waals surface area contributed by atoms with Crippen LogP contribution in [0.4, 0.5) is 17.6 Å². The molecule has 142 valence electrons. The van der Waals surface area contributed by atoms with Gasteiger partial charge in [0.2, 0.25) is 0 Å². The van der Waals surface area contributed by atoms with E-state index < -0.39 is 16.9 Å². The van der Waals surface area contributed by atoms with E-state index in [9.17, 15) is 17.6 Å². The number of aryl methyl sites for hydroxylation is 1. The molecule has 0 aliphatic rings. The molecule has 0 radical (unpaired) electrons. The van der Waals surface area contributed by atoms with Gasteiger partial charge in [0.05, 0.1) is 10.7 Å². The van der Waals surface area contributed by atoms with E-state index in [1.54, 1.807) is 12.1 Å². The van der Waals surface area contributed by atoms with E-state index in [-0.39, 0.29) is 28.5 Å². The van der Waals surface area contributed by atoms with E-state index in [2.05, 4.69) is 4.37 Å². The van der Waals surface area contributed by atoms with Crippen LogP contribution in [0.2, 0.25) is 5.02 Å². The van der Waals surface area contributed by atoms with Gasteiger partial charge in [-0.2, -0.15) is 17.5 Å². The Hall–Kier alpha value is -2.12. The smallest absolute Gasteiger partial charge is 0.427 e. The maximum absolute atomic E-state index is 13.8. The summed E-state index contributed by atoms with van der Waals surface area (Å²) in [5, 5.41) is -0.113. The monoisotopic (exact) mass is 415 g/mol. The molecule has 2 nitrogen and oxygen atoms in total. The van der Waals surface area contributed by atoms with Gasteiger partial charge in [0.15, 0.2) is 0 Å². The van der Waals surface area contributed by atoms with Gasteiger partial charge < -0.3 is 4.74 Å². The molecule has 0 spiro atoms. The van der Waals surface area contributed by atoms with Crippen molar-refractivity contribution in [1.82, 2.24) is 4.37 Å². The summed E-state index contributed by atoms with van der Waals surface area (Å²) in [6, 6.07) is 9.13. The lowest BCUT2D eigenvalue weighted by atomic mass is 10.1. The highest BCUT2D eigenvalue weighted by molar-refractivity contribution is 7.06. The molecular weight excluding hydrogens is 402 g/mol. The molecule has 0 atom stereocenters. The minimum atomic E-state index is -4.58. The fourth-order valence-electron chi connectivity index (χ4n) is 2.57. The van der Waals surface area contributed by atoms with Crippen molar-refractivity contribution in [3.8, 4) is 17.0 Å². The third-order valence-corrected chi connectivity index (χ3v) is 5.41. The van der Waals surface area contributed by atoms with Gasteiger partial charge in [-0.1, -0.05) is 29.8 Å². The summed E-state index contributed by atoms with van der Waals surface area (Å²) >= 11 is 5.98. The second-order valence-corrected chi connectivity index (χ2v) is 7.13. The van der Waals surface area contributed by atoms with E-state index >= 15 is 0 Å². The molecular formula is C19H14ClF4NOS. The average molecular weight is 416 g/mol. The van der Waals surface area contributed by atoms with Crippen LogP contribution < -0.4 is 4.74 Å². The number of nitrogens with zero attached hydrogens (tertiary/aromatic N) is 1. The topological polar surface area (TPSA) is 22.1 Å². The summed E-state index contributed by atoms with van der Waals surface area (Å²) in [6.07, 6.45) is -4.58. The molecule has 0 unspecified atom stereocenters. The van der Waals surface area contributed by atoms with Crippen molar-refractivity contribution >= 4 is 23.1 Å². The van der Waals surface area contributed by atoms with Crippen molar-refractivity contribution in [1.29, 1.82) is 0 Å². The highest BCUT2D eigenvalue weighted by Crippen LogP contribution is 2.40. The molecule has 3 rings (SSSR count). The predicted octanol–water partition coefficient (Wildman–Crippen LogP) is 6.82. The van der Waals surface area contributed by atoms with Crippen molar-refractivity contribution in [2.24, 2.45) is 0 Å². The lowest BCUT2D eigenvalue weighted by Gasteiger charge is -2.13. The average Bonchev–Trinajstić information content (AvgIpc) is 3.03. The SMILES string of the molecule is Cc1cccc(OCc2c(-c3ccc(Cl)c(F)c3)nsc2C(F)(F)F)c1C. The Bertz CT molecular complexity index is 984. The standard InChI is InChI=1S/C19H14ClF4NOS/c1-10-4-3-5-16(11(10)2)26-9-13-17(25-27-18(13)19(22,23)24)12-6-7-14(20)15(21)8-12/h3-8H,9H2,1-2H3. The van der Waals surface area contributed by atoms with E-state index in [0.717, 1.165) is 17.2 Å². The van der Waals surface area contributed by atoms with Gasteiger partial charge in [-0.25, -0.2) is 4.39 Å². The van der Waals surface area contributed by atoms with Crippen LogP contribution in [0, 0.1) is 19.7 Å². The van der Waals surface area contributed by atoms with Crippen LogP contribution in [-0.2, 0) is 12.8 Å². The minimum absolute atomic E-state index is 0.0354.